The molecule has 0 heterocycles. The predicted octanol–water partition coefficient (Wildman–Crippen LogP) is 3.43. The summed E-state index contributed by atoms with van der Waals surface area (Å²) in [7, 11) is 0. The lowest BCUT2D eigenvalue weighted by Gasteiger charge is -2.12. The minimum atomic E-state index is -0.178. The molecule has 21 heavy (non-hydrogen) atoms. The molecule has 1 N–H and O–H groups in total. The van der Waals surface area contributed by atoms with Crippen LogP contribution in [0.5, 0.6) is 5.75 Å². The van der Waals surface area contributed by atoms with Gasteiger partial charge in [0, 0.05) is 12.6 Å². The van der Waals surface area contributed by atoms with Crippen molar-refractivity contribution in [1.29, 1.82) is 0 Å². The fourth-order valence-corrected chi connectivity index (χ4v) is 1.95. The molecule has 0 spiro atoms. The molecular formula is C17H17NO3. The second-order valence-electron chi connectivity index (χ2n) is 4.72. The molecule has 4 heteroatoms. The third-order valence-electron chi connectivity index (χ3n) is 2.92. The van der Waals surface area contributed by atoms with Gasteiger partial charge in [-0.05, 0) is 30.7 Å². The Kier molecular flexibility index (Phi) is 4.72. The van der Waals surface area contributed by atoms with Crippen LogP contribution in [0.4, 0.5) is 5.69 Å². The summed E-state index contributed by atoms with van der Waals surface area (Å²) in [5.41, 5.74) is 2.06. The van der Waals surface area contributed by atoms with Crippen LogP contribution in [-0.4, -0.2) is 11.7 Å². The van der Waals surface area contributed by atoms with Gasteiger partial charge in [-0.15, -0.1) is 0 Å². The summed E-state index contributed by atoms with van der Waals surface area (Å²) < 4.78 is 5.71. The number of hydrogen-bond donors (Lipinski definition) is 1. The Morgan fingerprint density at radius 2 is 1.76 bits per heavy atom. The minimum absolute atomic E-state index is 0.106. The van der Waals surface area contributed by atoms with Crippen LogP contribution >= 0.6 is 0 Å². The van der Waals surface area contributed by atoms with Crippen LogP contribution in [0, 0.1) is 0 Å². The van der Waals surface area contributed by atoms with Crippen LogP contribution in [0.15, 0.2) is 48.5 Å². The van der Waals surface area contributed by atoms with E-state index >= 15 is 0 Å². The van der Waals surface area contributed by atoms with Gasteiger partial charge in [-0.2, -0.15) is 0 Å². The smallest absolute Gasteiger partial charge is 0.221 e. The van der Waals surface area contributed by atoms with Gasteiger partial charge in [-0.1, -0.05) is 30.3 Å². The maximum Gasteiger partial charge on any atom is 0.221 e. The number of anilines is 1. The van der Waals surface area contributed by atoms with E-state index < -0.39 is 0 Å². The Labute approximate surface area is 123 Å². The first-order chi connectivity index (χ1) is 10.1. The van der Waals surface area contributed by atoms with Crippen molar-refractivity contribution in [1.82, 2.24) is 0 Å². The zero-order valence-electron chi connectivity index (χ0n) is 12.1. The zero-order valence-corrected chi connectivity index (χ0v) is 12.1. The van der Waals surface area contributed by atoms with Gasteiger partial charge in [0.05, 0.1) is 5.56 Å². The lowest BCUT2D eigenvalue weighted by atomic mass is 10.1. The monoisotopic (exact) mass is 283 g/mol. The predicted molar refractivity (Wildman–Crippen MR) is 81.5 cm³/mol. The van der Waals surface area contributed by atoms with E-state index in [1.165, 1.54) is 13.8 Å². The highest BCUT2D eigenvalue weighted by molar-refractivity contribution is 5.99. The van der Waals surface area contributed by atoms with Crippen molar-refractivity contribution in [3.8, 4) is 5.75 Å². The highest BCUT2D eigenvalue weighted by Crippen LogP contribution is 2.24. The summed E-state index contributed by atoms with van der Waals surface area (Å²) in [5.74, 6) is 0.230. The van der Waals surface area contributed by atoms with E-state index in [1.54, 1.807) is 18.2 Å². The lowest BCUT2D eigenvalue weighted by Crippen LogP contribution is -2.08. The third-order valence-corrected chi connectivity index (χ3v) is 2.92. The molecule has 4 nitrogen and oxygen atoms in total. The van der Waals surface area contributed by atoms with Crippen molar-refractivity contribution in [2.24, 2.45) is 0 Å². The van der Waals surface area contributed by atoms with Crippen molar-refractivity contribution in [2.75, 3.05) is 5.32 Å². The van der Waals surface area contributed by atoms with Gasteiger partial charge in [0.1, 0.15) is 12.4 Å². The van der Waals surface area contributed by atoms with Crippen molar-refractivity contribution >= 4 is 17.4 Å². The summed E-state index contributed by atoms with van der Waals surface area (Å²) in [6.07, 6.45) is 0. The molecule has 0 saturated heterocycles. The number of amides is 1. The summed E-state index contributed by atoms with van der Waals surface area (Å²) in [4.78, 5) is 22.8. The first kappa shape index (κ1) is 14.8. The number of ether oxygens (including phenoxy) is 1. The van der Waals surface area contributed by atoms with E-state index in [2.05, 4.69) is 5.32 Å². The van der Waals surface area contributed by atoms with Gasteiger partial charge in [-0.3, -0.25) is 9.59 Å². The molecule has 0 atom stereocenters. The van der Waals surface area contributed by atoms with Gasteiger partial charge in [0.25, 0.3) is 0 Å². The molecule has 0 aliphatic carbocycles. The molecular weight excluding hydrogens is 266 g/mol. The van der Waals surface area contributed by atoms with Gasteiger partial charge in [-0.25, -0.2) is 0 Å². The maximum absolute atomic E-state index is 11.7. The molecule has 2 aromatic carbocycles. The summed E-state index contributed by atoms with van der Waals surface area (Å²) in [5, 5.41) is 2.65. The molecule has 0 bridgehead atoms. The van der Waals surface area contributed by atoms with E-state index in [0.717, 1.165) is 5.56 Å². The Morgan fingerprint density at radius 1 is 1.05 bits per heavy atom. The molecule has 0 unspecified atom stereocenters. The number of Topliss-reactive ketones (excluding diaryl/α,β-unsaturated/α-hetero) is 1. The number of benzene rings is 2. The average molecular weight is 283 g/mol. The first-order valence-electron chi connectivity index (χ1n) is 6.65. The van der Waals surface area contributed by atoms with Crippen molar-refractivity contribution in [2.45, 2.75) is 20.5 Å². The summed E-state index contributed by atoms with van der Waals surface area (Å²) >= 11 is 0. The third kappa shape index (κ3) is 4.18. The van der Waals surface area contributed by atoms with E-state index in [-0.39, 0.29) is 11.7 Å². The topological polar surface area (TPSA) is 55.4 Å². The van der Waals surface area contributed by atoms with Gasteiger partial charge in [0.2, 0.25) is 5.91 Å². The molecule has 0 aliphatic rings. The highest BCUT2D eigenvalue weighted by Gasteiger charge is 2.10. The van der Waals surface area contributed by atoms with E-state index in [0.29, 0.717) is 23.6 Å². The standard InChI is InChI=1S/C17H17NO3/c1-12(19)16-10-15(18-13(2)20)8-9-17(16)21-11-14-6-4-3-5-7-14/h3-10H,11H2,1-2H3,(H,18,20). The van der Waals surface area contributed by atoms with Gasteiger partial charge < -0.3 is 10.1 Å². The molecule has 108 valence electrons. The normalized spacial score (nSPS) is 10.0. The van der Waals surface area contributed by atoms with E-state index in [1.807, 2.05) is 30.3 Å². The van der Waals surface area contributed by atoms with Crippen LogP contribution in [0.3, 0.4) is 0 Å². The van der Waals surface area contributed by atoms with Crippen molar-refractivity contribution < 1.29 is 14.3 Å². The molecule has 0 aromatic heterocycles. The quantitative estimate of drug-likeness (QED) is 0.855. The number of carbonyl (C=O) groups excluding carboxylic acids is 2. The second-order valence-corrected chi connectivity index (χ2v) is 4.72. The summed E-state index contributed by atoms with van der Waals surface area (Å²) in [6, 6.07) is 14.8. The fourth-order valence-electron chi connectivity index (χ4n) is 1.95. The largest absolute Gasteiger partial charge is 0.488 e. The second kappa shape index (κ2) is 6.70. The Morgan fingerprint density at radius 3 is 2.38 bits per heavy atom. The number of nitrogens with one attached hydrogen (secondary N) is 1. The fraction of sp³-hybridized carbons (Fsp3) is 0.176. The van der Waals surface area contributed by atoms with Crippen LogP contribution < -0.4 is 10.1 Å². The molecule has 2 aromatic rings. The molecule has 0 fully saturated rings. The van der Waals surface area contributed by atoms with Crippen LogP contribution in [-0.2, 0) is 11.4 Å². The molecule has 0 radical (unpaired) electrons. The molecule has 1 amide bonds. The number of hydrogen-bond acceptors (Lipinski definition) is 3. The number of ketones is 1. The lowest BCUT2D eigenvalue weighted by molar-refractivity contribution is -0.114. The maximum atomic E-state index is 11.7. The first-order valence-corrected chi connectivity index (χ1v) is 6.65. The molecule has 0 aliphatic heterocycles. The van der Waals surface area contributed by atoms with E-state index in [4.69, 9.17) is 4.74 Å². The van der Waals surface area contributed by atoms with E-state index in [9.17, 15) is 9.59 Å². The van der Waals surface area contributed by atoms with Crippen LogP contribution in [0.1, 0.15) is 29.8 Å². The number of rotatable bonds is 5. The number of carbonyl (C=O) groups is 2. The molecule has 2 rings (SSSR count). The Hall–Kier alpha value is -2.62. The minimum Gasteiger partial charge on any atom is -0.488 e. The summed E-state index contributed by atoms with van der Waals surface area (Å²) in [6.45, 7) is 3.29. The Bertz CT molecular complexity index is 650. The Balaban J connectivity index is 2.18. The van der Waals surface area contributed by atoms with Crippen molar-refractivity contribution in [3.63, 3.8) is 0 Å². The van der Waals surface area contributed by atoms with Crippen LogP contribution in [0.2, 0.25) is 0 Å². The van der Waals surface area contributed by atoms with Crippen LogP contribution in [0.25, 0.3) is 0 Å². The van der Waals surface area contributed by atoms with Gasteiger partial charge in [0.15, 0.2) is 5.78 Å². The zero-order chi connectivity index (χ0) is 15.2. The van der Waals surface area contributed by atoms with Crippen molar-refractivity contribution in [3.05, 3.63) is 59.7 Å². The van der Waals surface area contributed by atoms with Gasteiger partial charge >= 0.3 is 0 Å². The highest BCUT2D eigenvalue weighted by atomic mass is 16.5. The molecule has 0 saturated carbocycles. The average Bonchev–Trinajstić information content (AvgIpc) is 2.46. The SMILES string of the molecule is CC(=O)Nc1ccc(OCc2ccccc2)c(C(C)=O)c1.